The molecule has 3 aromatic rings. The Morgan fingerprint density at radius 3 is 2.53 bits per heavy atom. The van der Waals surface area contributed by atoms with Crippen LogP contribution in [-0.2, 0) is 16.4 Å². The quantitative estimate of drug-likeness (QED) is 0.513. The number of sulfonamides is 1. The van der Waals surface area contributed by atoms with Gasteiger partial charge in [-0.05, 0) is 30.5 Å². The maximum absolute atomic E-state index is 12.9. The van der Waals surface area contributed by atoms with Gasteiger partial charge in [0.25, 0.3) is 15.9 Å². The third-order valence-corrected chi connectivity index (χ3v) is 5.83. The summed E-state index contributed by atoms with van der Waals surface area (Å²) < 4.78 is 33.3. The fourth-order valence-electron chi connectivity index (χ4n) is 2.92. The van der Waals surface area contributed by atoms with E-state index in [-0.39, 0.29) is 16.1 Å². The van der Waals surface area contributed by atoms with Crippen molar-refractivity contribution >= 4 is 21.6 Å². The predicted molar refractivity (Wildman–Crippen MR) is 115 cm³/mol. The smallest absolute Gasteiger partial charge is 0.262 e. The Balaban J connectivity index is 1.68. The SMILES string of the molecule is COc1cncc(NS(=O)(=O)c2ccccc2C(=O)NCCCc2ccccc2)c1. The van der Waals surface area contributed by atoms with Crippen LogP contribution in [0.15, 0.2) is 78.0 Å². The third kappa shape index (κ3) is 5.57. The summed E-state index contributed by atoms with van der Waals surface area (Å²) >= 11 is 0. The van der Waals surface area contributed by atoms with Crippen LogP contribution in [0, 0.1) is 0 Å². The van der Waals surface area contributed by atoms with Gasteiger partial charge in [0.05, 0.1) is 30.8 Å². The summed E-state index contributed by atoms with van der Waals surface area (Å²) in [4.78, 5) is 16.5. The van der Waals surface area contributed by atoms with Crippen LogP contribution < -0.4 is 14.8 Å². The van der Waals surface area contributed by atoms with E-state index in [9.17, 15) is 13.2 Å². The maximum atomic E-state index is 12.9. The van der Waals surface area contributed by atoms with E-state index in [0.717, 1.165) is 12.8 Å². The van der Waals surface area contributed by atoms with Crippen molar-refractivity contribution < 1.29 is 17.9 Å². The lowest BCUT2D eigenvalue weighted by molar-refractivity contribution is 0.0950. The zero-order valence-electron chi connectivity index (χ0n) is 16.5. The zero-order valence-corrected chi connectivity index (χ0v) is 17.4. The molecule has 0 unspecified atom stereocenters. The number of hydrogen-bond acceptors (Lipinski definition) is 5. The monoisotopic (exact) mass is 425 g/mol. The van der Waals surface area contributed by atoms with E-state index >= 15 is 0 Å². The molecular formula is C22H23N3O4S. The van der Waals surface area contributed by atoms with Crippen molar-refractivity contribution in [2.24, 2.45) is 0 Å². The van der Waals surface area contributed by atoms with Gasteiger partial charge in [0.1, 0.15) is 10.6 Å². The molecule has 0 saturated heterocycles. The number of rotatable bonds is 9. The van der Waals surface area contributed by atoms with Crippen LogP contribution >= 0.6 is 0 Å². The second-order valence-corrected chi connectivity index (χ2v) is 8.21. The van der Waals surface area contributed by atoms with E-state index in [4.69, 9.17) is 4.74 Å². The molecule has 156 valence electrons. The number of aromatic nitrogens is 1. The average Bonchev–Trinajstić information content (AvgIpc) is 2.77. The molecule has 0 radical (unpaired) electrons. The van der Waals surface area contributed by atoms with Crippen molar-refractivity contribution in [2.75, 3.05) is 18.4 Å². The van der Waals surface area contributed by atoms with Crippen LogP contribution in [0.5, 0.6) is 5.75 Å². The van der Waals surface area contributed by atoms with Gasteiger partial charge in [0, 0.05) is 12.6 Å². The van der Waals surface area contributed by atoms with Gasteiger partial charge >= 0.3 is 0 Å². The summed E-state index contributed by atoms with van der Waals surface area (Å²) in [5.74, 6) is -0.0209. The first-order valence-electron chi connectivity index (χ1n) is 9.42. The largest absolute Gasteiger partial charge is 0.495 e. The van der Waals surface area contributed by atoms with E-state index in [1.54, 1.807) is 12.1 Å². The summed E-state index contributed by atoms with van der Waals surface area (Å²) in [5, 5.41) is 2.80. The first kappa shape index (κ1) is 21.3. The highest BCUT2D eigenvalue weighted by molar-refractivity contribution is 7.92. The first-order valence-corrected chi connectivity index (χ1v) is 10.9. The predicted octanol–water partition coefficient (Wildman–Crippen LogP) is 3.25. The van der Waals surface area contributed by atoms with Gasteiger partial charge in [0.15, 0.2) is 0 Å². The number of ether oxygens (including phenoxy) is 1. The Morgan fingerprint density at radius 1 is 1.03 bits per heavy atom. The number of methoxy groups -OCH3 is 1. The lowest BCUT2D eigenvalue weighted by Crippen LogP contribution is -2.27. The number of carbonyl (C=O) groups is 1. The highest BCUT2D eigenvalue weighted by Gasteiger charge is 2.22. The number of nitrogens with zero attached hydrogens (tertiary/aromatic N) is 1. The first-order chi connectivity index (χ1) is 14.5. The van der Waals surface area contributed by atoms with Crippen LogP contribution in [0.25, 0.3) is 0 Å². The van der Waals surface area contributed by atoms with Crippen molar-refractivity contribution in [1.29, 1.82) is 0 Å². The Hall–Kier alpha value is -3.39. The van der Waals surface area contributed by atoms with E-state index in [1.807, 2.05) is 30.3 Å². The molecule has 0 spiro atoms. The minimum absolute atomic E-state index is 0.0839. The summed E-state index contributed by atoms with van der Waals surface area (Å²) in [5.41, 5.74) is 1.51. The molecule has 2 N–H and O–H groups in total. The number of benzene rings is 2. The van der Waals surface area contributed by atoms with E-state index in [2.05, 4.69) is 15.0 Å². The fraction of sp³-hybridized carbons (Fsp3) is 0.182. The Labute approximate surface area is 176 Å². The van der Waals surface area contributed by atoms with E-state index in [0.29, 0.717) is 12.3 Å². The summed E-state index contributed by atoms with van der Waals surface area (Å²) in [6, 6.07) is 17.6. The van der Waals surface area contributed by atoms with Gasteiger partial charge in [-0.2, -0.15) is 0 Å². The minimum Gasteiger partial charge on any atom is -0.495 e. The fourth-order valence-corrected chi connectivity index (χ4v) is 4.16. The van der Waals surface area contributed by atoms with Gasteiger partial charge < -0.3 is 10.1 Å². The van der Waals surface area contributed by atoms with E-state index < -0.39 is 15.9 Å². The van der Waals surface area contributed by atoms with Gasteiger partial charge in [-0.25, -0.2) is 8.42 Å². The van der Waals surface area contributed by atoms with Crippen molar-refractivity contribution in [3.63, 3.8) is 0 Å². The van der Waals surface area contributed by atoms with Gasteiger partial charge in [-0.1, -0.05) is 42.5 Å². The number of nitrogens with one attached hydrogen (secondary N) is 2. The van der Waals surface area contributed by atoms with Gasteiger partial charge in [-0.3, -0.25) is 14.5 Å². The molecule has 0 aliphatic rings. The minimum atomic E-state index is -3.99. The zero-order chi connectivity index (χ0) is 21.4. The highest BCUT2D eigenvalue weighted by atomic mass is 32.2. The Morgan fingerprint density at radius 2 is 1.77 bits per heavy atom. The number of amides is 1. The summed E-state index contributed by atoms with van der Waals surface area (Å²) in [6.45, 7) is 0.440. The molecule has 2 aromatic carbocycles. The second kappa shape index (κ2) is 9.89. The number of aryl methyl sites for hydroxylation is 1. The van der Waals surface area contributed by atoms with Crippen molar-refractivity contribution in [2.45, 2.75) is 17.7 Å². The topological polar surface area (TPSA) is 97.4 Å². The second-order valence-electron chi connectivity index (χ2n) is 6.56. The molecule has 8 heteroatoms. The van der Waals surface area contributed by atoms with Crippen LogP contribution in [0.2, 0.25) is 0 Å². The lowest BCUT2D eigenvalue weighted by atomic mass is 10.1. The molecule has 0 fully saturated rings. The molecule has 3 rings (SSSR count). The number of carbonyl (C=O) groups excluding carboxylic acids is 1. The molecule has 1 heterocycles. The molecule has 0 aliphatic heterocycles. The Bertz CT molecular complexity index is 1100. The lowest BCUT2D eigenvalue weighted by Gasteiger charge is -2.13. The molecular weight excluding hydrogens is 402 g/mol. The van der Waals surface area contributed by atoms with Crippen LogP contribution in [-0.4, -0.2) is 33.0 Å². The Kier molecular flexibility index (Phi) is 7.03. The third-order valence-electron chi connectivity index (χ3n) is 4.39. The van der Waals surface area contributed by atoms with Crippen LogP contribution in [0.1, 0.15) is 22.3 Å². The van der Waals surface area contributed by atoms with Crippen LogP contribution in [0.4, 0.5) is 5.69 Å². The van der Waals surface area contributed by atoms with E-state index in [1.165, 1.54) is 43.3 Å². The summed E-state index contributed by atoms with van der Waals surface area (Å²) in [7, 11) is -2.53. The van der Waals surface area contributed by atoms with Crippen LogP contribution in [0.3, 0.4) is 0 Å². The van der Waals surface area contributed by atoms with Crippen molar-refractivity contribution in [3.05, 3.63) is 84.2 Å². The maximum Gasteiger partial charge on any atom is 0.262 e. The molecule has 0 bridgehead atoms. The molecule has 7 nitrogen and oxygen atoms in total. The average molecular weight is 426 g/mol. The molecule has 0 saturated carbocycles. The van der Waals surface area contributed by atoms with Crippen molar-refractivity contribution in [1.82, 2.24) is 10.3 Å². The molecule has 30 heavy (non-hydrogen) atoms. The number of anilines is 1. The summed E-state index contributed by atoms with van der Waals surface area (Å²) in [6.07, 6.45) is 4.41. The van der Waals surface area contributed by atoms with Gasteiger partial charge in [-0.15, -0.1) is 0 Å². The molecule has 0 atom stereocenters. The normalized spacial score (nSPS) is 11.0. The molecule has 1 aromatic heterocycles. The standard InChI is InChI=1S/C22H23N3O4S/c1-29-19-14-18(15-23-16-19)25-30(27,28)21-12-6-5-11-20(21)22(26)24-13-7-10-17-8-3-2-4-9-17/h2-6,8-9,11-12,14-16,25H,7,10,13H2,1H3,(H,24,26). The molecule has 0 aliphatic carbocycles. The number of hydrogen-bond donors (Lipinski definition) is 2. The molecule has 1 amide bonds. The number of pyridine rings is 1. The van der Waals surface area contributed by atoms with Crippen molar-refractivity contribution in [3.8, 4) is 5.75 Å². The van der Waals surface area contributed by atoms with Gasteiger partial charge in [0.2, 0.25) is 0 Å². The highest BCUT2D eigenvalue weighted by Crippen LogP contribution is 2.21.